The van der Waals surface area contributed by atoms with E-state index < -0.39 is 0 Å². The van der Waals surface area contributed by atoms with Gasteiger partial charge in [-0.3, -0.25) is 4.99 Å². The van der Waals surface area contributed by atoms with Gasteiger partial charge in [-0.25, -0.2) is 9.97 Å². The van der Waals surface area contributed by atoms with E-state index in [1.165, 1.54) is 10.4 Å². The topological polar surface area (TPSA) is 75.3 Å². The number of aromatic nitrogens is 2. The number of aryl methyl sites for hydroxylation is 2. The monoisotopic (exact) mass is 483 g/mol. The smallest absolute Gasteiger partial charge is 0.226 e. The predicted octanol–water partition coefficient (Wildman–Crippen LogP) is 3.90. The van der Waals surface area contributed by atoms with Crippen LogP contribution < -0.4 is 10.6 Å². The Morgan fingerprint density at radius 3 is 2.54 bits per heavy atom. The summed E-state index contributed by atoms with van der Waals surface area (Å²) in [6.07, 6.45) is 3.55. The summed E-state index contributed by atoms with van der Waals surface area (Å²) in [5, 5.41) is 7.56. The first-order valence-corrected chi connectivity index (χ1v) is 8.83. The molecule has 0 saturated carbocycles. The molecule has 2 heterocycles. The Kier molecular flexibility index (Phi) is 7.58. The van der Waals surface area contributed by atoms with Gasteiger partial charge < -0.3 is 15.1 Å². The lowest BCUT2D eigenvalue weighted by molar-refractivity contribution is 0.572. The standard InChI is InChI=1S/C18H21N5OS.HI/c1-12-4-6-14(7-5-12)17-23-15(11-24-17)8-21-18(19-3)22-10-16-9-20-13(2)25-16;/h4-7,9,11H,8,10H2,1-3H3,(H2,19,21,22);1H. The lowest BCUT2D eigenvalue weighted by Crippen LogP contribution is -2.36. The molecule has 3 aromatic rings. The van der Waals surface area contributed by atoms with Crippen LogP contribution in [0.2, 0.25) is 0 Å². The maximum absolute atomic E-state index is 5.57. The molecule has 0 atom stereocenters. The number of benzene rings is 1. The molecule has 0 amide bonds. The predicted molar refractivity (Wildman–Crippen MR) is 116 cm³/mol. The number of guanidine groups is 1. The molecule has 0 fully saturated rings. The molecule has 0 bridgehead atoms. The molecule has 26 heavy (non-hydrogen) atoms. The molecule has 138 valence electrons. The molecule has 3 rings (SSSR count). The van der Waals surface area contributed by atoms with Crippen molar-refractivity contribution in [2.45, 2.75) is 26.9 Å². The summed E-state index contributed by atoms with van der Waals surface area (Å²) in [6, 6.07) is 8.11. The van der Waals surface area contributed by atoms with Crippen LogP contribution in [0.5, 0.6) is 0 Å². The van der Waals surface area contributed by atoms with Crippen molar-refractivity contribution in [3.8, 4) is 11.5 Å². The maximum Gasteiger partial charge on any atom is 0.226 e. The number of thiazole rings is 1. The average Bonchev–Trinajstić information content (AvgIpc) is 3.25. The Labute approximate surface area is 174 Å². The van der Waals surface area contributed by atoms with Crippen molar-refractivity contribution in [3.63, 3.8) is 0 Å². The van der Waals surface area contributed by atoms with E-state index in [4.69, 9.17) is 4.42 Å². The SMILES string of the molecule is CN=C(NCc1coc(-c2ccc(C)cc2)n1)NCc1cnc(C)s1.I. The number of nitrogens with one attached hydrogen (secondary N) is 2. The quantitative estimate of drug-likeness (QED) is 0.327. The van der Waals surface area contributed by atoms with Crippen LogP contribution in [-0.2, 0) is 13.1 Å². The molecule has 8 heteroatoms. The highest BCUT2D eigenvalue weighted by atomic mass is 127. The van der Waals surface area contributed by atoms with E-state index in [0.717, 1.165) is 16.3 Å². The third kappa shape index (κ3) is 5.53. The van der Waals surface area contributed by atoms with Crippen LogP contribution in [0.15, 0.2) is 46.1 Å². The second-order valence-electron chi connectivity index (χ2n) is 5.63. The zero-order valence-corrected chi connectivity index (χ0v) is 18.1. The normalized spacial score (nSPS) is 11.1. The van der Waals surface area contributed by atoms with Crippen molar-refractivity contribution in [1.29, 1.82) is 0 Å². The van der Waals surface area contributed by atoms with E-state index in [1.807, 2.05) is 37.4 Å². The Balaban J connectivity index is 0.00000243. The van der Waals surface area contributed by atoms with Crippen LogP contribution in [0.25, 0.3) is 11.5 Å². The van der Waals surface area contributed by atoms with Gasteiger partial charge in [0.2, 0.25) is 5.89 Å². The van der Waals surface area contributed by atoms with Crippen LogP contribution in [0.1, 0.15) is 21.1 Å². The summed E-state index contributed by atoms with van der Waals surface area (Å²) in [5.41, 5.74) is 3.01. The number of aliphatic imine (C=N–C) groups is 1. The molecule has 0 aliphatic carbocycles. The van der Waals surface area contributed by atoms with Crippen molar-refractivity contribution in [2.75, 3.05) is 7.05 Å². The largest absolute Gasteiger partial charge is 0.444 e. The van der Waals surface area contributed by atoms with Crippen molar-refractivity contribution >= 4 is 41.3 Å². The molecule has 0 saturated heterocycles. The van der Waals surface area contributed by atoms with Crippen molar-refractivity contribution < 1.29 is 4.42 Å². The summed E-state index contributed by atoms with van der Waals surface area (Å²) in [5.74, 6) is 1.34. The Morgan fingerprint density at radius 2 is 1.88 bits per heavy atom. The average molecular weight is 483 g/mol. The summed E-state index contributed by atoms with van der Waals surface area (Å²) < 4.78 is 5.57. The molecule has 6 nitrogen and oxygen atoms in total. The molecular weight excluding hydrogens is 461 g/mol. The van der Waals surface area contributed by atoms with Crippen molar-refractivity contribution in [3.05, 3.63) is 57.9 Å². The lowest BCUT2D eigenvalue weighted by Gasteiger charge is -2.09. The third-order valence-corrected chi connectivity index (χ3v) is 4.52. The van der Waals surface area contributed by atoms with E-state index in [-0.39, 0.29) is 24.0 Å². The van der Waals surface area contributed by atoms with Crippen molar-refractivity contribution in [2.24, 2.45) is 4.99 Å². The molecule has 1 aromatic carbocycles. The summed E-state index contributed by atoms with van der Waals surface area (Å²) >= 11 is 1.67. The molecular formula is C18H22IN5OS. The van der Waals surface area contributed by atoms with Gasteiger partial charge in [0, 0.05) is 23.7 Å². The number of rotatable bonds is 5. The van der Waals surface area contributed by atoms with Gasteiger partial charge in [0.25, 0.3) is 0 Å². The number of hydrogen-bond donors (Lipinski definition) is 2. The highest BCUT2D eigenvalue weighted by molar-refractivity contribution is 14.0. The number of nitrogens with zero attached hydrogens (tertiary/aromatic N) is 3. The third-order valence-electron chi connectivity index (χ3n) is 3.61. The van der Waals surface area contributed by atoms with Gasteiger partial charge in [0.05, 0.1) is 23.8 Å². The van der Waals surface area contributed by atoms with Gasteiger partial charge in [0.15, 0.2) is 5.96 Å². The zero-order valence-electron chi connectivity index (χ0n) is 14.9. The van der Waals surface area contributed by atoms with Crippen LogP contribution in [0.3, 0.4) is 0 Å². The molecule has 2 N–H and O–H groups in total. The van der Waals surface area contributed by atoms with E-state index >= 15 is 0 Å². The fourth-order valence-corrected chi connectivity index (χ4v) is 3.00. The molecule has 0 unspecified atom stereocenters. The van der Waals surface area contributed by atoms with Gasteiger partial charge in [0.1, 0.15) is 6.26 Å². The molecule has 0 aliphatic rings. The highest BCUT2D eigenvalue weighted by Gasteiger charge is 2.07. The summed E-state index contributed by atoms with van der Waals surface area (Å²) in [4.78, 5) is 14.2. The maximum atomic E-state index is 5.57. The zero-order chi connectivity index (χ0) is 17.6. The molecule has 0 radical (unpaired) electrons. The van der Waals surface area contributed by atoms with Crippen LogP contribution in [-0.4, -0.2) is 23.0 Å². The van der Waals surface area contributed by atoms with Gasteiger partial charge in [-0.2, -0.15) is 0 Å². The summed E-state index contributed by atoms with van der Waals surface area (Å²) in [6.45, 7) is 5.29. The van der Waals surface area contributed by atoms with Crippen molar-refractivity contribution in [1.82, 2.24) is 20.6 Å². The van der Waals surface area contributed by atoms with E-state index in [9.17, 15) is 0 Å². The molecule has 0 aliphatic heterocycles. The fraction of sp³-hybridized carbons (Fsp3) is 0.278. The first-order chi connectivity index (χ1) is 12.1. The Morgan fingerprint density at radius 1 is 1.15 bits per heavy atom. The molecule has 2 aromatic heterocycles. The summed E-state index contributed by atoms with van der Waals surface area (Å²) in [7, 11) is 1.74. The van der Waals surface area contributed by atoms with Crippen LogP contribution >= 0.6 is 35.3 Å². The highest BCUT2D eigenvalue weighted by Crippen LogP contribution is 2.19. The second-order valence-corrected chi connectivity index (χ2v) is 6.95. The number of halogens is 1. The Bertz CT molecular complexity index is 857. The van der Waals surface area contributed by atoms with Crippen LogP contribution in [0, 0.1) is 13.8 Å². The van der Waals surface area contributed by atoms with Gasteiger partial charge in [-0.05, 0) is 26.0 Å². The first kappa shape index (κ1) is 20.4. The minimum absolute atomic E-state index is 0. The minimum atomic E-state index is 0. The first-order valence-electron chi connectivity index (χ1n) is 8.01. The second kappa shape index (κ2) is 9.67. The van der Waals surface area contributed by atoms with E-state index in [0.29, 0.717) is 24.9 Å². The van der Waals surface area contributed by atoms with E-state index in [1.54, 1.807) is 24.6 Å². The number of hydrogen-bond acceptors (Lipinski definition) is 5. The number of oxazole rings is 1. The minimum Gasteiger partial charge on any atom is -0.444 e. The fourth-order valence-electron chi connectivity index (χ4n) is 2.27. The van der Waals surface area contributed by atoms with Gasteiger partial charge in [-0.1, -0.05) is 17.7 Å². The lowest BCUT2D eigenvalue weighted by atomic mass is 10.1. The van der Waals surface area contributed by atoms with E-state index in [2.05, 4.69) is 32.5 Å². The van der Waals surface area contributed by atoms with Gasteiger partial charge >= 0.3 is 0 Å². The van der Waals surface area contributed by atoms with Gasteiger partial charge in [-0.15, -0.1) is 35.3 Å². The molecule has 0 spiro atoms. The van der Waals surface area contributed by atoms with Crippen LogP contribution in [0.4, 0.5) is 0 Å². The Hall–Kier alpha value is -1.94.